The number of hydrogen-bond donors (Lipinski definition) is 1. The number of fused-ring (bicyclic) bond motifs is 1. The van der Waals surface area contributed by atoms with Crippen molar-refractivity contribution < 1.29 is 23.0 Å². The number of nitrogens with two attached hydrogens (primary N) is 1. The summed E-state index contributed by atoms with van der Waals surface area (Å²) in [4.78, 5) is 11.4. The first-order chi connectivity index (χ1) is 10.4. The molecular weight excluding hydrogens is 292 g/mol. The van der Waals surface area contributed by atoms with Crippen molar-refractivity contribution >= 4 is 16.7 Å². The van der Waals surface area contributed by atoms with Gasteiger partial charge in [-0.15, -0.1) is 0 Å². The van der Waals surface area contributed by atoms with Crippen LogP contribution in [-0.4, -0.2) is 25.6 Å². The Bertz CT molecular complexity index is 688. The molecule has 22 heavy (non-hydrogen) atoms. The summed E-state index contributed by atoms with van der Waals surface area (Å²) in [5.41, 5.74) is 5.74. The monoisotopic (exact) mass is 309 g/mol. The second kappa shape index (κ2) is 6.27. The zero-order valence-corrected chi connectivity index (χ0v) is 12.3. The Hall–Kier alpha value is -2.21. The molecule has 0 spiro atoms. The summed E-state index contributed by atoms with van der Waals surface area (Å²) in [7, 11) is 1.55. The molecule has 0 aromatic heterocycles. The van der Waals surface area contributed by atoms with Crippen molar-refractivity contribution in [3.8, 4) is 5.75 Å². The van der Waals surface area contributed by atoms with Crippen molar-refractivity contribution in [2.24, 2.45) is 5.73 Å². The molecule has 1 atom stereocenters. The molecule has 0 aliphatic carbocycles. The summed E-state index contributed by atoms with van der Waals surface area (Å²) >= 11 is 0. The quantitative estimate of drug-likeness (QED) is 0.862. The predicted octanol–water partition coefficient (Wildman–Crippen LogP) is 3.05. The van der Waals surface area contributed by atoms with Gasteiger partial charge >= 0.3 is 11.9 Å². The Morgan fingerprint density at radius 3 is 2.50 bits per heavy atom. The Kier molecular flexibility index (Phi) is 4.61. The number of carbonyl (C=O) groups excluding carboxylic acids is 1. The predicted molar refractivity (Wildman–Crippen MR) is 79.0 cm³/mol. The Labute approximate surface area is 126 Å². The molecule has 0 radical (unpaired) electrons. The molecule has 0 bridgehead atoms. The van der Waals surface area contributed by atoms with E-state index in [9.17, 15) is 13.6 Å². The van der Waals surface area contributed by atoms with Gasteiger partial charge in [-0.1, -0.05) is 18.2 Å². The second-order valence-corrected chi connectivity index (χ2v) is 4.79. The standard InChI is InChI=1S/C16H17F2NO3/c1-3-22-15(20)16(17,18)14(19)12-5-4-11-9-13(21-2)7-6-10(11)8-12/h4-9,14H,3,19H2,1-2H3/t14-/m0/s1. The van der Waals surface area contributed by atoms with Gasteiger partial charge in [0.05, 0.1) is 13.7 Å². The molecule has 4 nitrogen and oxygen atoms in total. The molecule has 0 saturated heterocycles. The van der Waals surface area contributed by atoms with Crippen LogP contribution in [0.5, 0.6) is 5.75 Å². The fourth-order valence-corrected chi connectivity index (χ4v) is 2.13. The fourth-order valence-electron chi connectivity index (χ4n) is 2.13. The molecule has 118 valence electrons. The molecule has 0 saturated carbocycles. The first-order valence-electron chi connectivity index (χ1n) is 6.78. The van der Waals surface area contributed by atoms with Crippen LogP contribution in [0.2, 0.25) is 0 Å². The van der Waals surface area contributed by atoms with Crippen LogP contribution in [0.3, 0.4) is 0 Å². The number of halogens is 2. The summed E-state index contributed by atoms with van der Waals surface area (Å²) in [6.45, 7) is 1.33. The van der Waals surface area contributed by atoms with E-state index < -0.39 is 17.9 Å². The van der Waals surface area contributed by atoms with E-state index in [0.717, 1.165) is 10.8 Å². The van der Waals surface area contributed by atoms with Crippen molar-refractivity contribution in [3.63, 3.8) is 0 Å². The molecule has 0 fully saturated rings. The van der Waals surface area contributed by atoms with E-state index in [-0.39, 0.29) is 12.2 Å². The number of ether oxygens (including phenoxy) is 2. The number of rotatable bonds is 5. The van der Waals surface area contributed by atoms with E-state index in [1.807, 2.05) is 0 Å². The maximum Gasteiger partial charge on any atom is 0.379 e. The lowest BCUT2D eigenvalue weighted by molar-refractivity contribution is -0.174. The number of hydrogen-bond acceptors (Lipinski definition) is 4. The Morgan fingerprint density at radius 2 is 1.86 bits per heavy atom. The molecule has 2 aromatic rings. The molecule has 2 aromatic carbocycles. The Morgan fingerprint density at radius 1 is 1.23 bits per heavy atom. The van der Waals surface area contributed by atoms with Crippen LogP contribution in [0.25, 0.3) is 10.8 Å². The second-order valence-electron chi connectivity index (χ2n) is 4.79. The van der Waals surface area contributed by atoms with Gasteiger partial charge in [-0.3, -0.25) is 0 Å². The van der Waals surface area contributed by atoms with Crippen molar-refractivity contribution in [2.45, 2.75) is 18.9 Å². The number of methoxy groups -OCH3 is 1. The largest absolute Gasteiger partial charge is 0.497 e. The normalized spacial score (nSPS) is 13.0. The lowest BCUT2D eigenvalue weighted by Crippen LogP contribution is -2.41. The van der Waals surface area contributed by atoms with Crippen LogP contribution in [0, 0.1) is 0 Å². The number of esters is 1. The lowest BCUT2D eigenvalue weighted by atomic mass is 9.98. The molecule has 0 aliphatic rings. The van der Waals surface area contributed by atoms with Gasteiger partial charge in [0.1, 0.15) is 11.8 Å². The maximum absolute atomic E-state index is 14.0. The number of carbonyl (C=O) groups is 1. The van der Waals surface area contributed by atoms with Gasteiger partial charge < -0.3 is 15.2 Å². The molecule has 0 aliphatic heterocycles. The van der Waals surface area contributed by atoms with Gasteiger partial charge in [0.25, 0.3) is 0 Å². The molecule has 2 N–H and O–H groups in total. The average molecular weight is 309 g/mol. The van der Waals surface area contributed by atoms with E-state index in [1.165, 1.54) is 19.1 Å². The van der Waals surface area contributed by atoms with E-state index in [1.54, 1.807) is 31.4 Å². The van der Waals surface area contributed by atoms with E-state index in [0.29, 0.717) is 5.75 Å². The van der Waals surface area contributed by atoms with E-state index >= 15 is 0 Å². The maximum atomic E-state index is 14.0. The van der Waals surface area contributed by atoms with Crippen LogP contribution in [0.15, 0.2) is 36.4 Å². The molecule has 2 rings (SSSR count). The molecular formula is C16H17F2NO3. The van der Waals surface area contributed by atoms with Crippen molar-refractivity contribution in [1.82, 2.24) is 0 Å². The van der Waals surface area contributed by atoms with Crippen molar-refractivity contribution in [1.29, 1.82) is 0 Å². The first kappa shape index (κ1) is 16.2. The van der Waals surface area contributed by atoms with Gasteiger partial charge in [0.15, 0.2) is 0 Å². The summed E-state index contributed by atoms with van der Waals surface area (Å²) in [6.07, 6.45) is 0. The van der Waals surface area contributed by atoms with Gasteiger partial charge in [-0.05, 0) is 41.5 Å². The van der Waals surface area contributed by atoms with Crippen LogP contribution >= 0.6 is 0 Å². The number of benzene rings is 2. The van der Waals surface area contributed by atoms with Crippen LogP contribution in [-0.2, 0) is 9.53 Å². The highest BCUT2D eigenvalue weighted by molar-refractivity contribution is 5.85. The number of alkyl halides is 2. The van der Waals surface area contributed by atoms with E-state index in [2.05, 4.69) is 4.74 Å². The summed E-state index contributed by atoms with van der Waals surface area (Å²) in [5, 5.41) is 1.56. The minimum Gasteiger partial charge on any atom is -0.497 e. The van der Waals surface area contributed by atoms with Gasteiger partial charge in [0.2, 0.25) is 0 Å². The highest BCUT2D eigenvalue weighted by atomic mass is 19.3. The summed E-state index contributed by atoms with van der Waals surface area (Å²) in [5.74, 6) is -4.73. The third-order valence-electron chi connectivity index (χ3n) is 3.37. The van der Waals surface area contributed by atoms with Crippen molar-refractivity contribution in [2.75, 3.05) is 13.7 Å². The van der Waals surface area contributed by atoms with Crippen LogP contribution in [0.4, 0.5) is 8.78 Å². The zero-order chi connectivity index (χ0) is 16.3. The SMILES string of the molecule is CCOC(=O)C(F)(F)[C@@H](N)c1ccc2cc(OC)ccc2c1. The minimum atomic E-state index is -3.78. The molecule has 0 amide bonds. The topological polar surface area (TPSA) is 61.5 Å². The smallest absolute Gasteiger partial charge is 0.379 e. The van der Waals surface area contributed by atoms with Crippen molar-refractivity contribution in [3.05, 3.63) is 42.0 Å². The zero-order valence-electron chi connectivity index (χ0n) is 12.3. The highest BCUT2D eigenvalue weighted by Crippen LogP contribution is 2.32. The van der Waals surface area contributed by atoms with Gasteiger partial charge in [-0.2, -0.15) is 8.78 Å². The minimum absolute atomic E-state index is 0.126. The summed E-state index contributed by atoms with van der Waals surface area (Å²) < 4.78 is 37.5. The third-order valence-corrected chi connectivity index (χ3v) is 3.37. The van der Waals surface area contributed by atoms with Crippen LogP contribution in [0.1, 0.15) is 18.5 Å². The fraction of sp³-hybridized carbons (Fsp3) is 0.312. The van der Waals surface area contributed by atoms with Crippen LogP contribution < -0.4 is 10.5 Å². The van der Waals surface area contributed by atoms with Gasteiger partial charge in [0, 0.05) is 0 Å². The summed E-state index contributed by atoms with van der Waals surface area (Å²) in [6, 6.07) is 8.15. The van der Waals surface area contributed by atoms with Gasteiger partial charge in [-0.25, -0.2) is 4.79 Å². The van der Waals surface area contributed by atoms with E-state index in [4.69, 9.17) is 10.5 Å². The molecule has 6 heteroatoms. The molecule has 0 heterocycles. The Balaban J connectivity index is 2.35. The molecule has 0 unspecified atom stereocenters. The third kappa shape index (κ3) is 3.01. The first-order valence-corrected chi connectivity index (χ1v) is 6.78. The lowest BCUT2D eigenvalue weighted by Gasteiger charge is -2.22. The average Bonchev–Trinajstić information content (AvgIpc) is 2.53. The highest BCUT2D eigenvalue weighted by Gasteiger charge is 2.47.